The van der Waals surface area contributed by atoms with Gasteiger partial charge in [-0.3, -0.25) is 4.90 Å². The largest absolute Gasteiger partial charge is 0.352 e. The fraction of sp³-hybridized carbons (Fsp3) is 0.800. The number of piperidine rings is 1. The molecule has 0 spiro atoms. The van der Waals surface area contributed by atoms with Gasteiger partial charge in [-0.05, 0) is 13.0 Å². The van der Waals surface area contributed by atoms with E-state index in [1.165, 1.54) is 0 Å². The van der Waals surface area contributed by atoms with Crippen LogP contribution in [0.25, 0.3) is 0 Å². The van der Waals surface area contributed by atoms with Gasteiger partial charge >= 0.3 is 0 Å². The molecule has 0 radical (unpaired) electrons. The lowest BCUT2D eigenvalue weighted by Crippen LogP contribution is -2.50. The van der Waals surface area contributed by atoms with Crippen LogP contribution in [0.5, 0.6) is 0 Å². The molecular weight excluding hydrogens is 166 g/mol. The van der Waals surface area contributed by atoms with Gasteiger partial charge in [-0.15, -0.1) is 6.58 Å². The van der Waals surface area contributed by atoms with Gasteiger partial charge in [0.2, 0.25) is 0 Å². The Morgan fingerprint density at radius 2 is 2.15 bits per heavy atom. The molecule has 3 heteroatoms. The Morgan fingerprint density at radius 1 is 1.46 bits per heavy atom. The molecule has 0 atom stereocenters. The van der Waals surface area contributed by atoms with Gasteiger partial charge in [0.05, 0.1) is 6.54 Å². The van der Waals surface area contributed by atoms with Crippen LogP contribution in [0.2, 0.25) is 0 Å². The number of ether oxygens (including phenoxy) is 2. The van der Waals surface area contributed by atoms with E-state index in [1.54, 1.807) is 14.2 Å². The van der Waals surface area contributed by atoms with E-state index in [4.69, 9.17) is 9.47 Å². The Labute approximate surface area is 80.3 Å². The van der Waals surface area contributed by atoms with Gasteiger partial charge < -0.3 is 9.47 Å². The molecule has 0 aromatic rings. The molecule has 1 rings (SSSR count). The number of rotatable bonds is 4. The average Bonchev–Trinajstić information content (AvgIpc) is 2.19. The fourth-order valence-electron chi connectivity index (χ4n) is 1.83. The highest BCUT2D eigenvalue weighted by atomic mass is 16.7. The molecule has 1 aliphatic heterocycles. The zero-order valence-corrected chi connectivity index (χ0v) is 8.58. The minimum absolute atomic E-state index is 0.388. The Kier molecular flexibility index (Phi) is 3.90. The first-order valence-electron chi connectivity index (χ1n) is 4.70. The highest BCUT2D eigenvalue weighted by molar-refractivity contribution is 4.84. The van der Waals surface area contributed by atoms with E-state index >= 15 is 0 Å². The third kappa shape index (κ3) is 2.53. The summed E-state index contributed by atoms with van der Waals surface area (Å²) < 4.78 is 10.8. The first kappa shape index (κ1) is 10.7. The maximum Gasteiger partial charge on any atom is 0.180 e. The van der Waals surface area contributed by atoms with Gasteiger partial charge in [0.15, 0.2) is 5.79 Å². The van der Waals surface area contributed by atoms with Crippen LogP contribution in [-0.4, -0.2) is 44.5 Å². The summed E-state index contributed by atoms with van der Waals surface area (Å²) in [7, 11) is 3.42. The van der Waals surface area contributed by atoms with Crippen LogP contribution in [-0.2, 0) is 9.47 Å². The smallest absolute Gasteiger partial charge is 0.180 e. The van der Waals surface area contributed by atoms with E-state index in [-0.39, 0.29) is 5.79 Å². The highest BCUT2D eigenvalue weighted by Crippen LogP contribution is 2.24. The van der Waals surface area contributed by atoms with Crippen molar-refractivity contribution in [1.82, 2.24) is 4.90 Å². The molecule has 1 fully saturated rings. The third-order valence-corrected chi connectivity index (χ3v) is 2.63. The van der Waals surface area contributed by atoms with Crippen molar-refractivity contribution in [2.75, 3.05) is 33.9 Å². The molecule has 1 heterocycles. The Morgan fingerprint density at radius 3 is 2.69 bits per heavy atom. The van der Waals surface area contributed by atoms with E-state index in [0.29, 0.717) is 0 Å². The highest BCUT2D eigenvalue weighted by Gasteiger charge is 2.34. The Balaban J connectivity index is 2.52. The van der Waals surface area contributed by atoms with E-state index in [0.717, 1.165) is 32.5 Å². The second kappa shape index (κ2) is 4.74. The second-order valence-corrected chi connectivity index (χ2v) is 3.45. The van der Waals surface area contributed by atoms with Crippen LogP contribution in [0.4, 0.5) is 0 Å². The number of nitrogens with zero attached hydrogens (tertiary/aromatic N) is 1. The SMILES string of the molecule is C=CCN1CCCC(OC)(OC)C1. The third-order valence-electron chi connectivity index (χ3n) is 2.63. The predicted octanol–water partition coefficient (Wildman–Crippen LogP) is 1.26. The zero-order chi connectivity index (χ0) is 9.73. The molecule has 0 amide bonds. The summed E-state index contributed by atoms with van der Waals surface area (Å²) in [6.45, 7) is 6.59. The van der Waals surface area contributed by atoms with Crippen molar-refractivity contribution in [1.29, 1.82) is 0 Å². The lowest BCUT2D eigenvalue weighted by atomic mass is 10.0. The summed E-state index contributed by atoms with van der Waals surface area (Å²) in [4.78, 5) is 2.30. The topological polar surface area (TPSA) is 21.7 Å². The van der Waals surface area contributed by atoms with E-state index < -0.39 is 0 Å². The molecule has 0 aromatic heterocycles. The van der Waals surface area contributed by atoms with E-state index in [2.05, 4.69) is 11.5 Å². The van der Waals surface area contributed by atoms with Crippen LogP contribution in [0.15, 0.2) is 12.7 Å². The van der Waals surface area contributed by atoms with E-state index in [1.807, 2.05) is 6.08 Å². The van der Waals surface area contributed by atoms with Crippen LogP contribution in [0.3, 0.4) is 0 Å². The molecule has 1 saturated heterocycles. The summed E-state index contributed by atoms with van der Waals surface area (Å²) in [6, 6.07) is 0. The monoisotopic (exact) mass is 185 g/mol. The molecule has 0 aliphatic carbocycles. The van der Waals surface area contributed by atoms with Crippen LogP contribution in [0, 0.1) is 0 Å². The van der Waals surface area contributed by atoms with Gasteiger partial charge in [-0.25, -0.2) is 0 Å². The summed E-state index contributed by atoms with van der Waals surface area (Å²) >= 11 is 0. The minimum Gasteiger partial charge on any atom is -0.352 e. The summed E-state index contributed by atoms with van der Waals surface area (Å²) in [5, 5.41) is 0. The van der Waals surface area contributed by atoms with Gasteiger partial charge in [-0.2, -0.15) is 0 Å². The standard InChI is InChI=1S/C10H19NO2/c1-4-7-11-8-5-6-10(9-11,12-2)13-3/h4H,1,5-9H2,2-3H3. The normalized spacial score (nSPS) is 22.9. The molecular formula is C10H19NO2. The molecule has 0 unspecified atom stereocenters. The van der Waals surface area contributed by atoms with Gasteiger partial charge in [0, 0.05) is 27.2 Å². The van der Waals surface area contributed by atoms with Crippen LogP contribution in [0.1, 0.15) is 12.8 Å². The summed E-state index contributed by atoms with van der Waals surface area (Å²) in [6.07, 6.45) is 4.02. The first-order valence-corrected chi connectivity index (χ1v) is 4.70. The Hall–Kier alpha value is -0.380. The predicted molar refractivity (Wildman–Crippen MR) is 52.6 cm³/mol. The maximum absolute atomic E-state index is 5.41. The second-order valence-electron chi connectivity index (χ2n) is 3.45. The maximum atomic E-state index is 5.41. The van der Waals surface area contributed by atoms with E-state index in [9.17, 15) is 0 Å². The number of methoxy groups -OCH3 is 2. The van der Waals surface area contributed by atoms with Crippen molar-refractivity contribution < 1.29 is 9.47 Å². The Bertz CT molecular complexity index is 166. The van der Waals surface area contributed by atoms with Crippen molar-refractivity contribution in [3.63, 3.8) is 0 Å². The van der Waals surface area contributed by atoms with Crippen molar-refractivity contribution >= 4 is 0 Å². The van der Waals surface area contributed by atoms with Crippen LogP contribution < -0.4 is 0 Å². The number of hydrogen-bond donors (Lipinski definition) is 0. The fourth-order valence-corrected chi connectivity index (χ4v) is 1.83. The zero-order valence-electron chi connectivity index (χ0n) is 8.58. The molecule has 0 N–H and O–H groups in total. The number of likely N-dealkylation sites (tertiary alicyclic amines) is 1. The van der Waals surface area contributed by atoms with Gasteiger partial charge in [0.1, 0.15) is 0 Å². The van der Waals surface area contributed by atoms with Gasteiger partial charge in [-0.1, -0.05) is 6.08 Å². The average molecular weight is 185 g/mol. The lowest BCUT2D eigenvalue weighted by Gasteiger charge is -2.40. The quantitative estimate of drug-likeness (QED) is 0.486. The molecule has 0 aromatic carbocycles. The summed E-state index contributed by atoms with van der Waals surface area (Å²) in [5.41, 5.74) is 0. The molecule has 13 heavy (non-hydrogen) atoms. The van der Waals surface area contributed by atoms with Crippen LogP contribution >= 0.6 is 0 Å². The van der Waals surface area contributed by atoms with Crippen molar-refractivity contribution in [2.45, 2.75) is 18.6 Å². The van der Waals surface area contributed by atoms with Gasteiger partial charge in [0.25, 0.3) is 0 Å². The lowest BCUT2D eigenvalue weighted by molar-refractivity contribution is -0.231. The minimum atomic E-state index is -0.388. The molecule has 1 aliphatic rings. The van der Waals surface area contributed by atoms with Crippen molar-refractivity contribution in [2.24, 2.45) is 0 Å². The first-order chi connectivity index (χ1) is 6.26. The molecule has 3 nitrogen and oxygen atoms in total. The molecule has 0 saturated carbocycles. The number of hydrogen-bond acceptors (Lipinski definition) is 3. The summed E-state index contributed by atoms with van der Waals surface area (Å²) in [5.74, 6) is -0.388. The van der Waals surface area contributed by atoms with Crippen molar-refractivity contribution in [3.05, 3.63) is 12.7 Å². The van der Waals surface area contributed by atoms with Crippen molar-refractivity contribution in [3.8, 4) is 0 Å². The molecule has 76 valence electrons. The molecule has 0 bridgehead atoms.